The van der Waals surface area contributed by atoms with Crippen LogP contribution in [0.2, 0.25) is 0 Å². The number of carbonyl (C=O) groups is 2. The summed E-state index contributed by atoms with van der Waals surface area (Å²) in [5.41, 5.74) is -0.777. The number of anilines is 1. The number of carbonyl (C=O) groups excluding carboxylic acids is 1. The average molecular weight is 280 g/mol. The zero-order chi connectivity index (χ0) is 14.8. The van der Waals surface area contributed by atoms with Gasteiger partial charge in [0.25, 0.3) is 0 Å². The van der Waals surface area contributed by atoms with Crippen molar-refractivity contribution in [3.63, 3.8) is 0 Å². The Morgan fingerprint density at radius 1 is 1.50 bits per heavy atom. The largest absolute Gasteiger partial charge is 0.478 e. The summed E-state index contributed by atoms with van der Waals surface area (Å²) in [6, 6.07) is 3.53. The molecular weight excluding hydrogens is 263 g/mol. The topological polar surface area (TPSA) is 78.4 Å². The van der Waals surface area contributed by atoms with Crippen LogP contribution in [-0.4, -0.2) is 29.1 Å². The van der Waals surface area contributed by atoms with Gasteiger partial charge in [0.15, 0.2) is 0 Å². The molecule has 1 aromatic rings. The molecule has 108 valence electrons. The van der Waals surface area contributed by atoms with Crippen molar-refractivity contribution in [2.24, 2.45) is 0 Å². The Kier molecular flexibility index (Phi) is 4.04. The minimum absolute atomic E-state index is 0.208. The molecule has 0 radical (unpaired) electrons. The van der Waals surface area contributed by atoms with Crippen LogP contribution >= 0.6 is 0 Å². The van der Waals surface area contributed by atoms with Crippen LogP contribution in [0.5, 0.6) is 0 Å². The molecule has 1 aliphatic heterocycles. The van der Waals surface area contributed by atoms with Crippen LogP contribution in [0.1, 0.15) is 36.5 Å². The van der Waals surface area contributed by atoms with Gasteiger partial charge in [-0.05, 0) is 44.0 Å². The zero-order valence-corrected chi connectivity index (χ0v) is 11.2. The number of hydrogen-bond donors (Lipinski definition) is 3. The molecule has 3 N–H and O–H groups in total. The fraction of sp³-hybridized carbons (Fsp3) is 0.429. The van der Waals surface area contributed by atoms with Gasteiger partial charge < -0.3 is 15.7 Å². The van der Waals surface area contributed by atoms with Crippen LogP contribution in [0.3, 0.4) is 0 Å². The lowest BCUT2D eigenvalue weighted by molar-refractivity contribution is -0.122. The van der Waals surface area contributed by atoms with Crippen molar-refractivity contribution in [3.8, 4) is 0 Å². The number of nitrogens with one attached hydrogen (secondary N) is 2. The van der Waals surface area contributed by atoms with E-state index < -0.39 is 22.9 Å². The molecular formula is C14H17FN2O3. The van der Waals surface area contributed by atoms with Gasteiger partial charge in [-0.25, -0.2) is 9.18 Å². The molecule has 0 aromatic heterocycles. The van der Waals surface area contributed by atoms with Crippen molar-refractivity contribution in [3.05, 3.63) is 29.6 Å². The van der Waals surface area contributed by atoms with E-state index in [2.05, 4.69) is 10.6 Å². The first-order valence-electron chi connectivity index (χ1n) is 6.58. The molecule has 0 aliphatic carbocycles. The third-order valence-corrected chi connectivity index (χ3v) is 3.74. The Morgan fingerprint density at radius 3 is 2.80 bits per heavy atom. The van der Waals surface area contributed by atoms with Crippen LogP contribution in [0.4, 0.5) is 10.1 Å². The standard InChI is InChI=1S/C14H17FN2O3/c1-2-14(6-3-7-16-14)13(20)17-9-4-5-11(15)10(8-9)12(18)19/h4-5,8,16H,2-3,6-7H2,1H3,(H,17,20)(H,18,19). The van der Waals surface area contributed by atoms with Crippen LogP contribution in [0.25, 0.3) is 0 Å². The Morgan fingerprint density at radius 2 is 2.25 bits per heavy atom. The highest BCUT2D eigenvalue weighted by Gasteiger charge is 2.39. The lowest BCUT2D eigenvalue weighted by Gasteiger charge is -2.26. The highest BCUT2D eigenvalue weighted by molar-refractivity contribution is 5.99. The number of halogens is 1. The van der Waals surface area contributed by atoms with Gasteiger partial charge >= 0.3 is 5.97 Å². The van der Waals surface area contributed by atoms with E-state index in [9.17, 15) is 14.0 Å². The normalized spacial score (nSPS) is 21.7. The summed E-state index contributed by atoms with van der Waals surface area (Å²) in [7, 11) is 0. The molecule has 1 heterocycles. The average Bonchev–Trinajstić information content (AvgIpc) is 2.90. The first-order valence-corrected chi connectivity index (χ1v) is 6.58. The minimum Gasteiger partial charge on any atom is -0.478 e. The molecule has 1 unspecified atom stereocenters. The van der Waals surface area contributed by atoms with Crippen molar-refractivity contribution in [2.45, 2.75) is 31.7 Å². The number of hydrogen-bond acceptors (Lipinski definition) is 3. The maximum absolute atomic E-state index is 13.3. The highest BCUT2D eigenvalue weighted by atomic mass is 19.1. The number of carboxylic acids is 1. The summed E-state index contributed by atoms with van der Waals surface area (Å²) in [4.78, 5) is 23.2. The summed E-state index contributed by atoms with van der Waals surface area (Å²) >= 11 is 0. The monoisotopic (exact) mass is 280 g/mol. The van der Waals surface area contributed by atoms with Gasteiger partial charge in [0.05, 0.1) is 11.1 Å². The summed E-state index contributed by atoms with van der Waals surface area (Å²) < 4.78 is 13.3. The zero-order valence-electron chi connectivity index (χ0n) is 11.2. The molecule has 20 heavy (non-hydrogen) atoms. The number of benzene rings is 1. The molecule has 5 nitrogen and oxygen atoms in total. The molecule has 0 bridgehead atoms. The predicted molar refractivity (Wildman–Crippen MR) is 72.2 cm³/mol. The van der Waals surface area contributed by atoms with E-state index in [1.807, 2.05) is 6.92 Å². The van der Waals surface area contributed by atoms with E-state index >= 15 is 0 Å². The summed E-state index contributed by atoms with van der Waals surface area (Å²) in [5, 5.41) is 14.7. The van der Waals surface area contributed by atoms with Crippen LogP contribution in [-0.2, 0) is 4.79 Å². The molecule has 6 heteroatoms. The maximum Gasteiger partial charge on any atom is 0.338 e. The van der Waals surface area contributed by atoms with E-state index in [-0.39, 0.29) is 11.6 Å². The predicted octanol–water partition coefficient (Wildman–Crippen LogP) is 1.99. The van der Waals surface area contributed by atoms with Crippen LogP contribution in [0.15, 0.2) is 18.2 Å². The minimum atomic E-state index is -1.36. The van der Waals surface area contributed by atoms with Crippen molar-refractivity contribution in [2.75, 3.05) is 11.9 Å². The van der Waals surface area contributed by atoms with E-state index in [0.29, 0.717) is 6.42 Å². The van der Waals surface area contributed by atoms with Crippen molar-refractivity contribution >= 4 is 17.6 Å². The SMILES string of the molecule is CCC1(C(=O)Nc2ccc(F)c(C(=O)O)c2)CCCN1. The number of aromatic carboxylic acids is 1. The molecule has 1 aliphatic rings. The Bertz CT molecular complexity index is 539. The fourth-order valence-corrected chi connectivity index (χ4v) is 2.48. The maximum atomic E-state index is 13.3. The van der Waals surface area contributed by atoms with Gasteiger partial charge in [0.1, 0.15) is 5.82 Å². The van der Waals surface area contributed by atoms with Gasteiger partial charge in [0.2, 0.25) is 5.91 Å². The lowest BCUT2D eigenvalue weighted by atomic mass is 9.93. The summed E-state index contributed by atoms with van der Waals surface area (Å²) in [5.74, 6) is -2.39. The molecule has 1 saturated heterocycles. The third kappa shape index (κ3) is 2.65. The number of amides is 1. The fourth-order valence-electron chi connectivity index (χ4n) is 2.48. The van der Waals surface area contributed by atoms with Crippen LogP contribution < -0.4 is 10.6 Å². The Balaban J connectivity index is 2.19. The third-order valence-electron chi connectivity index (χ3n) is 3.74. The van der Waals surface area contributed by atoms with Gasteiger partial charge in [0, 0.05) is 5.69 Å². The Hall–Kier alpha value is -1.95. The van der Waals surface area contributed by atoms with E-state index in [1.54, 1.807) is 0 Å². The second kappa shape index (κ2) is 5.58. The van der Waals surface area contributed by atoms with Gasteiger partial charge in [-0.2, -0.15) is 0 Å². The van der Waals surface area contributed by atoms with Gasteiger partial charge in [-0.1, -0.05) is 6.92 Å². The van der Waals surface area contributed by atoms with Gasteiger partial charge in [-0.3, -0.25) is 4.79 Å². The highest BCUT2D eigenvalue weighted by Crippen LogP contribution is 2.25. The molecule has 2 rings (SSSR count). The molecule has 1 fully saturated rings. The summed E-state index contributed by atoms with van der Waals surface area (Å²) in [6.45, 7) is 2.70. The molecule has 0 saturated carbocycles. The Labute approximate surface area is 116 Å². The summed E-state index contributed by atoms with van der Waals surface area (Å²) in [6.07, 6.45) is 2.30. The smallest absolute Gasteiger partial charge is 0.338 e. The molecule has 1 amide bonds. The van der Waals surface area contributed by atoms with E-state index in [0.717, 1.165) is 31.5 Å². The second-order valence-corrected chi connectivity index (χ2v) is 4.92. The molecule has 1 aromatic carbocycles. The van der Waals surface area contributed by atoms with Crippen LogP contribution in [0, 0.1) is 5.82 Å². The quantitative estimate of drug-likeness (QED) is 0.788. The lowest BCUT2D eigenvalue weighted by Crippen LogP contribution is -2.50. The number of carboxylic acid groups (broad SMARTS) is 1. The molecule has 0 spiro atoms. The van der Waals surface area contributed by atoms with E-state index in [4.69, 9.17) is 5.11 Å². The molecule has 1 atom stereocenters. The number of rotatable bonds is 4. The first-order chi connectivity index (χ1) is 9.48. The first kappa shape index (κ1) is 14.5. The van der Waals surface area contributed by atoms with E-state index in [1.165, 1.54) is 6.07 Å². The van der Waals surface area contributed by atoms with Crippen molar-refractivity contribution in [1.29, 1.82) is 0 Å². The second-order valence-electron chi connectivity index (χ2n) is 4.92. The van der Waals surface area contributed by atoms with Gasteiger partial charge in [-0.15, -0.1) is 0 Å². The van der Waals surface area contributed by atoms with Crippen molar-refractivity contribution < 1.29 is 19.1 Å². The van der Waals surface area contributed by atoms with Crippen molar-refractivity contribution in [1.82, 2.24) is 5.32 Å².